The van der Waals surface area contributed by atoms with Crippen LogP contribution in [0.2, 0.25) is 0 Å². The molecule has 2 heterocycles. The van der Waals surface area contributed by atoms with E-state index in [1.54, 1.807) is 38.1 Å². The van der Waals surface area contributed by atoms with Crippen LogP contribution in [0.1, 0.15) is 27.7 Å². The van der Waals surface area contributed by atoms with Gasteiger partial charge in [-0.25, -0.2) is 4.79 Å². The molecule has 29 heavy (non-hydrogen) atoms. The summed E-state index contributed by atoms with van der Waals surface area (Å²) in [5, 5.41) is 5.19. The van der Waals surface area contributed by atoms with Crippen LogP contribution in [-0.2, 0) is 23.9 Å². The number of carbonyl (C=O) groups excluding carboxylic acids is 5. The zero-order valence-electron chi connectivity index (χ0n) is 16.6. The van der Waals surface area contributed by atoms with E-state index in [2.05, 4.69) is 10.6 Å². The molecule has 1 fully saturated rings. The smallest absolute Gasteiger partial charge is 0.326 e. The lowest BCUT2D eigenvalue weighted by molar-refractivity contribution is -0.150. The van der Waals surface area contributed by atoms with Crippen LogP contribution in [0.4, 0.5) is 16.2 Å². The number of hydrogen-bond acceptors (Lipinski definition) is 6. The Morgan fingerprint density at radius 3 is 2.34 bits per heavy atom. The average molecular weight is 402 g/mol. The Hall–Kier alpha value is -3.43. The number of imide groups is 1. The van der Waals surface area contributed by atoms with Gasteiger partial charge < -0.3 is 15.4 Å². The molecule has 154 valence electrons. The molecule has 3 rings (SSSR count). The first-order valence-corrected chi connectivity index (χ1v) is 8.98. The van der Waals surface area contributed by atoms with Crippen molar-refractivity contribution in [2.45, 2.75) is 38.8 Å². The molecule has 5 amide bonds. The van der Waals surface area contributed by atoms with Gasteiger partial charge in [-0.1, -0.05) is 12.1 Å². The van der Waals surface area contributed by atoms with Crippen LogP contribution < -0.4 is 15.5 Å². The maximum absolute atomic E-state index is 12.8. The molecule has 0 spiro atoms. The lowest BCUT2D eigenvalue weighted by Gasteiger charge is -2.41. The molecular weight excluding hydrogens is 380 g/mol. The Bertz CT molecular complexity index is 923. The number of nitrogens with one attached hydrogen (secondary N) is 2. The summed E-state index contributed by atoms with van der Waals surface area (Å²) in [5.41, 5.74) is -1.36. The molecule has 2 aliphatic heterocycles. The van der Waals surface area contributed by atoms with Gasteiger partial charge in [0, 0.05) is 0 Å². The molecule has 0 aromatic heterocycles. The highest BCUT2D eigenvalue weighted by Crippen LogP contribution is 2.36. The Morgan fingerprint density at radius 2 is 1.72 bits per heavy atom. The van der Waals surface area contributed by atoms with Gasteiger partial charge in [-0.3, -0.25) is 29.0 Å². The highest BCUT2D eigenvalue weighted by Gasteiger charge is 2.46. The summed E-state index contributed by atoms with van der Waals surface area (Å²) in [6.45, 7) is 4.94. The Balaban J connectivity index is 1.69. The van der Waals surface area contributed by atoms with Gasteiger partial charge in [0.15, 0.2) is 6.61 Å². The second-order valence-corrected chi connectivity index (χ2v) is 7.87. The number of fused-ring (bicyclic) bond motifs is 1. The van der Waals surface area contributed by atoms with Crippen molar-refractivity contribution in [2.24, 2.45) is 0 Å². The van der Waals surface area contributed by atoms with E-state index in [0.29, 0.717) is 11.4 Å². The first-order chi connectivity index (χ1) is 13.4. The number of ether oxygens (including phenoxy) is 1. The van der Waals surface area contributed by atoms with E-state index in [4.69, 9.17) is 4.74 Å². The molecule has 1 aromatic rings. The van der Waals surface area contributed by atoms with Crippen molar-refractivity contribution in [3.8, 4) is 0 Å². The molecule has 0 bridgehead atoms. The summed E-state index contributed by atoms with van der Waals surface area (Å²) in [5.74, 6) is -2.46. The van der Waals surface area contributed by atoms with Crippen molar-refractivity contribution < 1.29 is 28.7 Å². The number of hydrogen-bond donors (Lipinski definition) is 2. The molecule has 0 aliphatic carbocycles. The SMILES string of the molecule is CC1(C)NC(=O)N(CC(=O)OCC(=O)N2c3ccccc3NC(=O)C2(C)C)C1=O. The molecule has 0 saturated carbocycles. The van der Waals surface area contributed by atoms with E-state index in [0.717, 1.165) is 4.90 Å². The van der Waals surface area contributed by atoms with Gasteiger partial charge in [0.1, 0.15) is 17.6 Å². The topological polar surface area (TPSA) is 125 Å². The molecular formula is C19H22N4O6. The zero-order valence-corrected chi connectivity index (χ0v) is 16.6. The van der Waals surface area contributed by atoms with Crippen LogP contribution in [0.3, 0.4) is 0 Å². The molecule has 1 saturated heterocycles. The van der Waals surface area contributed by atoms with Crippen LogP contribution >= 0.6 is 0 Å². The molecule has 0 atom stereocenters. The molecule has 1 aromatic carbocycles. The lowest BCUT2D eigenvalue weighted by Crippen LogP contribution is -2.59. The van der Waals surface area contributed by atoms with Crippen molar-refractivity contribution >= 4 is 41.1 Å². The number of esters is 1. The van der Waals surface area contributed by atoms with E-state index in [-0.39, 0.29) is 5.91 Å². The largest absolute Gasteiger partial charge is 0.454 e. The van der Waals surface area contributed by atoms with Crippen molar-refractivity contribution in [1.29, 1.82) is 0 Å². The third kappa shape index (κ3) is 3.53. The van der Waals surface area contributed by atoms with Crippen molar-refractivity contribution in [1.82, 2.24) is 10.2 Å². The maximum Gasteiger partial charge on any atom is 0.326 e. The minimum atomic E-state index is -1.20. The van der Waals surface area contributed by atoms with Gasteiger partial charge in [-0.15, -0.1) is 0 Å². The number of nitrogens with zero attached hydrogens (tertiary/aromatic N) is 2. The summed E-state index contributed by atoms with van der Waals surface area (Å²) in [6, 6.07) is 6.07. The Kier molecular flexibility index (Phi) is 4.81. The summed E-state index contributed by atoms with van der Waals surface area (Å²) in [7, 11) is 0. The van der Waals surface area contributed by atoms with E-state index in [1.165, 1.54) is 18.7 Å². The number of urea groups is 1. The second kappa shape index (κ2) is 6.87. The van der Waals surface area contributed by atoms with Gasteiger partial charge in [-0.2, -0.15) is 0 Å². The normalized spacial score (nSPS) is 19.4. The maximum atomic E-state index is 12.8. The number of anilines is 2. The highest BCUT2D eigenvalue weighted by molar-refractivity contribution is 6.14. The molecule has 0 radical (unpaired) electrons. The Morgan fingerprint density at radius 1 is 1.07 bits per heavy atom. The van der Waals surface area contributed by atoms with Crippen molar-refractivity contribution in [3.05, 3.63) is 24.3 Å². The predicted octanol–water partition coefficient (Wildman–Crippen LogP) is 0.624. The van der Waals surface area contributed by atoms with Crippen LogP contribution in [0.5, 0.6) is 0 Å². The lowest BCUT2D eigenvalue weighted by atomic mass is 9.96. The number of para-hydroxylation sites is 2. The van der Waals surface area contributed by atoms with Gasteiger partial charge in [0.25, 0.3) is 11.8 Å². The number of carbonyl (C=O) groups is 5. The fraction of sp³-hybridized carbons (Fsp3) is 0.421. The Labute approximate surface area is 167 Å². The standard InChI is InChI=1S/C19H22N4O6/c1-18(2)16(27)22(17(28)21-18)9-14(25)29-10-13(24)23-12-8-6-5-7-11(12)20-15(26)19(23,3)4/h5-8H,9-10H2,1-4H3,(H,20,26)(H,21,28). The second-order valence-electron chi connectivity index (χ2n) is 7.87. The fourth-order valence-electron chi connectivity index (χ4n) is 3.24. The van der Waals surface area contributed by atoms with Crippen LogP contribution in [0, 0.1) is 0 Å². The van der Waals surface area contributed by atoms with Crippen LogP contribution in [0.15, 0.2) is 24.3 Å². The fourth-order valence-corrected chi connectivity index (χ4v) is 3.24. The van der Waals surface area contributed by atoms with Crippen LogP contribution in [0.25, 0.3) is 0 Å². The first-order valence-electron chi connectivity index (χ1n) is 8.98. The molecule has 10 nitrogen and oxygen atoms in total. The van der Waals surface area contributed by atoms with Gasteiger partial charge >= 0.3 is 12.0 Å². The van der Waals surface area contributed by atoms with Gasteiger partial charge in [0.2, 0.25) is 5.91 Å². The first kappa shape index (κ1) is 20.3. The predicted molar refractivity (Wildman–Crippen MR) is 102 cm³/mol. The molecule has 2 aliphatic rings. The third-order valence-electron chi connectivity index (χ3n) is 4.85. The van der Waals surface area contributed by atoms with Crippen molar-refractivity contribution in [2.75, 3.05) is 23.4 Å². The number of amides is 5. The minimum Gasteiger partial charge on any atom is -0.454 e. The average Bonchev–Trinajstić information content (AvgIpc) is 2.82. The summed E-state index contributed by atoms with van der Waals surface area (Å²) in [6.07, 6.45) is 0. The van der Waals surface area contributed by atoms with E-state index < -0.39 is 48.0 Å². The van der Waals surface area contributed by atoms with Crippen molar-refractivity contribution in [3.63, 3.8) is 0 Å². The monoisotopic (exact) mass is 402 g/mol. The van der Waals surface area contributed by atoms with Gasteiger partial charge in [0.05, 0.1) is 11.4 Å². The zero-order chi connectivity index (χ0) is 21.6. The number of rotatable bonds is 4. The van der Waals surface area contributed by atoms with Crippen LogP contribution in [-0.4, -0.2) is 58.9 Å². The van der Waals surface area contributed by atoms with E-state index in [9.17, 15) is 24.0 Å². The summed E-state index contributed by atoms with van der Waals surface area (Å²) < 4.78 is 4.99. The summed E-state index contributed by atoms with van der Waals surface area (Å²) in [4.78, 5) is 63.3. The molecule has 0 unspecified atom stereocenters. The minimum absolute atomic E-state index is 0.377. The third-order valence-corrected chi connectivity index (χ3v) is 4.85. The molecule has 10 heteroatoms. The molecule has 2 N–H and O–H groups in total. The number of benzene rings is 1. The van der Waals surface area contributed by atoms with E-state index >= 15 is 0 Å². The quantitative estimate of drug-likeness (QED) is 0.562. The highest BCUT2D eigenvalue weighted by atomic mass is 16.5. The van der Waals surface area contributed by atoms with Gasteiger partial charge in [-0.05, 0) is 39.8 Å². The van der Waals surface area contributed by atoms with E-state index in [1.807, 2.05) is 0 Å². The summed E-state index contributed by atoms with van der Waals surface area (Å²) >= 11 is 0.